The molecule has 4 N–H and O–H groups in total. The molecule has 0 unspecified atom stereocenters. The van der Waals surface area contributed by atoms with Crippen LogP contribution >= 0.6 is 0 Å². The van der Waals surface area contributed by atoms with Gasteiger partial charge < -0.3 is 25.6 Å². The average molecular weight is 688 g/mol. The number of fused-ring (bicyclic) bond motifs is 2. The van der Waals surface area contributed by atoms with E-state index in [4.69, 9.17) is 9.57 Å². The van der Waals surface area contributed by atoms with E-state index in [1.165, 1.54) is 25.7 Å². The lowest BCUT2D eigenvalue weighted by atomic mass is 9.45. The van der Waals surface area contributed by atoms with Crippen LogP contribution < -0.4 is 15.4 Å². The molecule has 10 heteroatoms. The maximum absolute atomic E-state index is 15.0. The van der Waals surface area contributed by atoms with Crippen LogP contribution in [0, 0.1) is 34.9 Å². The number of aliphatic hydroxyl groups is 2. The van der Waals surface area contributed by atoms with E-state index in [-0.39, 0.29) is 36.1 Å². The predicted octanol–water partition coefficient (Wildman–Crippen LogP) is 5.13. The minimum Gasteiger partial charge on any atom is -0.496 e. The second-order valence-electron chi connectivity index (χ2n) is 14.9. The number of benzene rings is 3. The summed E-state index contributed by atoms with van der Waals surface area (Å²) in [6.07, 6.45) is 1.01. The van der Waals surface area contributed by atoms with E-state index in [9.17, 15) is 24.2 Å². The smallest absolute Gasteiger partial charge is 0.254 e. The summed E-state index contributed by atoms with van der Waals surface area (Å²) in [7, 11) is 1.53. The molecule has 3 aliphatic carbocycles. The molecular weight excluding hydrogens is 637 g/mol. The lowest BCUT2D eigenvalue weighted by Crippen LogP contribution is -2.62. The second kappa shape index (κ2) is 14.8. The van der Waals surface area contributed by atoms with E-state index in [1.807, 2.05) is 48.5 Å². The second-order valence-corrected chi connectivity index (χ2v) is 14.9. The van der Waals surface area contributed by atoms with Gasteiger partial charge >= 0.3 is 0 Å². The number of rotatable bonds is 12. The van der Waals surface area contributed by atoms with E-state index < -0.39 is 35.9 Å². The highest BCUT2D eigenvalue weighted by Crippen LogP contribution is 2.61. The molecule has 3 aromatic carbocycles. The van der Waals surface area contributed by atoms with Crippen molar-refractivity contribution in [3.63, 3.8) is 0 Å². The summed E-state index contributed by atoms with van der Waals surface area (Å²) in [4.78, 5) is 33.4. The Balaban J connectivity index is 1.23. The highest BCUT2D eigenvalue weighted by Gasteiger charge is 2.57. The largest absolute Gasteiger partial charge is 0.496 e. The highest BCUT2D eigenvalue weighted by atomic mass is 19.1. The Labute approximate surface area is 294 Å². The van der Waals surface area contributed by atoms with Crippen molar-refractivity contribution in [2.75, 3.05) is 20.3 Å². The van der Waals surface area contributed by atoms with Gasteiger partial charge in [0, 0.05) is 29.6 Å². The van der Waals surface area contributed by atoms with Gasteiger partial charge in [0.05, 0.1) is 31.9 Å². The topological polar surface area (TPSA) is 120 Å². The van der Waals surface area contributed by atoms with Gasteiger partial charge in [-0.15, -0.1) is 0 Å². The molecule has 268 valence electrons. The molecular formula is C40H50FN3O6. The molecule has 8 atom stereocenters. The molecule has 4 aliphatic rings. The van der Waals surface area contributed by atoms with Crippen LogP contribution in [0.2, 0.25) is 0 Å². The number of halogens is 1. The van der Waals surface area contributed by atoms with Crippen molar-refractivity contribution >= 4 is 11.8 Å². The molecule has 1 heterocycles. The summed E-state index contributed by atoms with van der Waals surface area (Å²) >= 11 is 0. The monoisotopic (exact) mass is 687 g/mol. The number of hydroxylamine groups is 2. The molecule has 0 aromatic heterocycles. The molecule has 9 nitrogen and oxygen atoms in total. The number of aliphatic hydroxyl groups excluding tert-OH is 2. The van der Waals surface area contributed by atoms with Gasteiger partial charge in [0.1, 0.15) is 23.7 Å². The van der Waals surface area contributed by atoms with Crippen LogP contribution in [0.1, 0.15) is 62.0 Å². The summed E-state index contributed by atoms with van der Waals surface area (Å²) in [5.74, 6) is -0.159. The number of para-hydroxylation sites is 1. The van der Waals surface area contributed by atoms with E-state index >= 15 is 0 Å². The molecule has 2 amide bonds. The van der Waals surface area contributed by atoms with Gasteiger partial charge in [0.2, 0.25) is 5.91 Å². The van der Waals surface area contributed by atoms with Crippen molar-refractivity contribution in [3.05, 3.63) is 89.2 Å². The third-order valence-electron chi connectivity index (χ3n) is 11.8. The zero-order chi connectivity index (χ0) is 35.7. The zero-order valence-electron chi connectivity index (χ0n) is 29.6. The van der Waals surface area contributed by atoms with Gasteiger partial charge in [0.15, 0.2) is 0 Å². The Kier molecular flexibility index (Phi) is 10.6. The van der Waals surface area contributed by atoms with E-state index in [2.05, 4.69) is 31.4 Å². The van der Waals surface area contributed by atoms with Crippen molar-refractivity contribution in [2.24, 2.45) is 29.1 Å². The van der Waals surface area contributed by atoms with Gasteiger partial charge in [-0.05, 0) is 72.6 Å². The Hall–Kier alpha value is -3.83. The number of nitrogens with one attached hydrogen (secondary N) is 2. The molecule has 1 aliphatic heterocycles. The number of hydrogen-bond acceptors (Lipinski definition) is 7. The van der Waals surface area contributed by atoms with Crippen molar-refractivity contribution in [1.29, 1.82) is 0 Å². The van der Waals surface area contributed by atoms with Crippen LogP contribution in [0.25, 0.3) is 11.1 Å². The molecule has 3 aromatic rings. The quantitative estimate of drug-likeness (QED) is 0.208. The van der Waals surface area contributed by atoms with Gasteiger partial charge in [-0.3, -0.25) is 14.4 Å². The van der Waals surface area contributed by atoms with Crippen molar-refractivity contribution in [2.45, 2.75) is 77.8 Å². The number of nitrogens with zero attached hydrogens (tertiary/aromatic N) is 1. The molecule has 4 fully saturated rings. The first-order chi connectivity index (χ1) is 23.9. The van der Waals surface area contributed by atoms with Crippen molar-refractivity contribution in [3.8, 4) is 16.9 Å². The van der Waals surface area contributed by atoms with Crippen LogP contribution in [0.5, 0.6) is 5.75 Å². The number of carbonyl (C=O) groups excluding carboxylic acids is 2. The number of methoxy groups -OCH3 is 1. The zero-order valence-corrected chi connectivity index (χ0v) is 29.6. The fourth-order valence-electron chi connectivity index (χ4n) is 8.76. The van der Waals surface area contributed by atoms with Gasteiger partial charge in [-0.2, -0.15) is 5.06 Å². The van der Waals surface area contributed by atoms with Crippen LogP contribution in [0.15, 0.2) is 66.7 Å². The Bertz CT molecular complexity index is 1680. The fourth-order valence-corrected chi connectivity index (χ4v) is 8.76. The minimum atomic E-state index is -0.922. The SMILES string of the molecule is COc1c(CN2O[C@@H](CO)[C@H]([C@H](C)O)[C@H]2C(=O)N[C@@H]2C[C@H]3C[C@@H]([C@@H]2C)C3(C)C)cccc1-c1ccc(F)c(C(=O)NCCc2ccccc2)c1. The maximum atomic E-state index is 15.0. The van der Waals surface area contributed by atoms with E-state index in [0.717, 1.165) is 12.0 Å². The number of carbonyl (C=O) groups is 2. The van der Waals surface area contributed by atoms with Gasteiger partial charge in [0.25, 0.3) is 5.91 Å². The van der Waals surface area contributed by atoms with Gasteiger partial charge in [-0.25, -0.2) is 4.39 Å². The third kappa shape index (κ3) is 6.91. The minimum absolute atomic E-state index is 0.0185. The molecule has 0 radical (unpaired) electrons. The fraction of sp³-hybridized carbons (Fsp3) is 0.500. The molecule has 50 heavy (non-hydrogen) atoms. The maximum Gasteiger partial charge on any atom is 0.254 e. The van der Waals surface area contributed by atoms with Gasteiger partial charge in [-0.1, -0.05) is 75.4 Å². The summed E-state index contributed by atoms with van der Waals surface area (Å²) in [6.45, 7) is 8.57. The number of ether oxygens (including phenoxy) is 1. The Morgan fingerprint density at radius 1 is 1.10 bits per heavy atom. The summed E-state index contributed by atoms with van der Waals surface area (Å²) in [5, 5.41) is 28.8. The predicted molar refractivity (Wildman–Crippen MR) is 188 cm³/mol. The molecule has 2 bridgehead atoms. The summed E-state index contributed by atoms with van der Waals surface area (Å²) in [5.41, 5.74) is 3.15. The lowest BCUT2D eigenvalue weighted by molar-refractivity contribution is -0.183. The first-order valence-electron chi connectivity index (χ1n) is 17.7. The van der Waals surface area contributed by atoms with Crippen LogP contribution in [0.3, 0.4) is 0 Å². The molecule has 0 spiro atoms. The number of hydrogen-bond donors (Lipinski definition) is 4. The van der Waals surface area contributed by atoms with E-state index in [1.54, 1.807) is 18.1 Å². The first-order valence-corrected chi connectivity index (χ1v) is 17.7. The Morgan fingerprint density at radius 2 is 1.86 bits per heavy atom. The standard InChI is InChI=1S/C40H50FN3O6/c1-23-31-19-28(40(31,3)4)20-33(23)43-39(48)36-35(24(2)46)34(22-45)50-44(36)21-27-12-9-13-29(37(27)49-5)26-14-15-32(41)30(18-26)38(47)42-17-16-25-10-7-6-8-11-25/h6-15,18,23-24,28,31,33-36,45-46H,16-17,19-22H2,1-5H3,(H,42,47)(H,43,48)/t23-,24-,28+,31-,33+,34-,35-,36-/m0/s1. The van der Waals surface area contributed by atoms with Crippen LogP contribution in [-0.4, -0.2) is 71.6 Å². The molecule has 7 rings (SSSR count). The average Bonchev–Trinajstić information content (AvgIpc) is 3.48. The van der Waals surface area contributed by atoms with Crippen LogP contribution in [0.4, 0.5) is 4.39 Å². The highest BCUT2D eigenvalue weighted by molar-refractivity contribution is 5.96. The van der Waals surface area contributed by atoms with Crippen LogP contribution in [-0.2, 0) is 22.6 Å². The van der Waals surface area contributed by atoms with Crippen molar-refractivity contribution in [1.82, 2.24) is 15.7 Å². The normalized spacial score (nSPS) is 27.6. The number of amides is 2. The van der Waals surface area contributed by atoms with E-state index in [0.29, 0.717) is 53.2 Å². The summed E-state index contributed by atoms with van der Waals surface area (Å²) in [6, 6.07) is 18.8. The summed E-state index contributed by atoms with van der Waals surface area (Å²) < 4.78 is 20.9. The third-order valence-corrected chi connectivity index (χ3v) is 11.8. The Morgan fingerprint density at radius 3 is 2.52 bits per heavy atom. The lowest BCUT2D eigenvalue weighted by Gasteiger charge is -2.62. The first kappa shape index (κ1) is 36.0. The molecule has 1 saturated heterocycles. The molecule has 3 saturated carbocycles. The van der Waals surface area contributed by atoms with Crippen molar-refractivity contribution < 1.29 is 33.8 Å².